The fraction of sp³-hybridized carbons (Fsp3) is 0.562. The number of carbonyl (C=O) groups is 1. The first-order valence-corrected chi connectivity index (χ1v) is 7.40. The average Bonchev–Trinajstić information content (AvgIpc) is 2.48. The number of esters is 1. The maximum atomic E-state index is 12.1. The number of nitrogens with zero attached hydrogens (tertiary/aromatic N) is 1. The van der Waals surface area contributed by atoms with Crippen molar-refractivity contribution in [2.75, 3.05) is 33.4 Å². The van der Waals surface area contributed by atoms with Crippen LogP contribution in [0.3, 0.4) is 0 Å². The number of aryl methyl sites for hydroxylation is 1. The zero-order chi connectivity index (χ0) is 15.2. The molecule has 5 heteroatoms. The highest BCUT2D eigenvalue weighted by molar-refractivity contribution is 5.76. The van der Waals surface area contributed by atoms with Crippen LogP contribution in [0.5, 0.6) is 5.75 Å². The summed E-state index contributed by atoms with van der Waals surface area (Å²) in [6, 6.07) is 5.89. The van der Waals surface area contributed by atoms with E-state index < -0.39 is 0 Å². The van der Waals surface area contributed by atoms with Crippen molar-refractivity contribution < 1.29 is 14.3 Å². The molecule has 1 fully saturated rings. The van der Waals surface area contributed by atoms with E-state index in [1.807, 2.05) is 19.1 Å². The number of methoxy groups -OCH3 is 1. The van der Waals surface area contributed by atoms with Crippen LogP contribution in [0.25, 0.3) is 0 Å². The van der Waals surface area contributed by atoms with Gasteiger partial charge in [-0.1, -0.05) is 17.7 Å². The Morgan fingerprint density at radius 1 is 1.48 bits per heavy atom. The molecule has 1 aliphatic rings. The first-order chi connectivity index (χ1) is 10.2. The van der Waals surface area contributed by atoms with Gasteiger partial charge in [0.05, 0.1) is 13.7 Å². The van der Waals surface area contributed by atoms with Crippen molar-refractivity contribution in [2.24, 2.45) is 0 Å². The highest BCUT2D eigenvalue weighted by Crippen LogP contribution is 2.23. The second-order valence-electron chi connectivity index (χ2n) is 5.26. The van der Waals surface area contributed by atoms with Crippen LogP contribution in [-0.2, 0) is 16.1 Å². The normalized spacial score (nSPS) is 19.3. The van der Waals surface area contributed by atoms with Crippen LogP contribution >= 0.6 is 0 Å². The van der Waals surface area contributed by atoms with Crippen LogP contribution in [0, 0.1) is 6.92 Å². The first kappa shape index (κ1) is 15.8. The van der Waals surface area contributed by atoms with E-state index in [9.17, 15) is 4.79 Å². The number of rotatable bonds is 5. The lowest BCUT2D eigenvalue weighted by Crippen LogP contribution is -2.54. The number of nitrogens with one attached hydrogen (secondary N) is 1. The fourth-order valence-electron chi connectivity index (χ4n) is 2.66. The predicted molar refractivity (Wildman–Crippen MR) is 81.4 cm³/mol. The third-order valence-corrected chi connectivity index (χ3v) is 3.72. The number of piperazine rings is 1. The molecule has 0 radical (unpaired) electrons. The van der Waals surface area contributed by atoms with Crippen LogP contribution in [0.4, 0.5) is 0 Å². The molecule has 0 saturated carbocycles. The molecule has 21 heavy (non-hydrogen) atoms. The highest BCUT2D eigenvalue weighted by atomic mass is 16.5. The number of benzene rings is 1. The molecule has 1 unspecified atom stereocenters. The van der Waals surface area contributed by atoms with Crippen LogP contribution in [0.2, 0.25) is 0 Å². The zero-order valence-corrected chi connectivity index (χ0v) is 13.0. The van der Waals surface area contributed by atoms with Crippen LogP contribution in [0.1, 0.15) is 18.1 Å². The number of hydrogen-bond donors (Lipinski definition) is 1. The summed E-state index contributed by atoms with van der Waals surface area (Å²) in [5.74, 6) is 0.707. The van der Waals surface area contributed by atoms with Gasteiger partial charge in [-0.05, 0) is 19.9 Å². The maximum Gasteiger partial charge on any atom is 0.324 e. The molecule has 1 atom stereocenters. The van der Waals surface area contributed by atoms with Crippen LogP contribution in [-0.4, -0.2) is 50.3 Å². The van der Waals surface area contributed by atoms with E-state index in [-0.39, 0.29) is 12.0 Å². The van der Waals surface area contributed by atoms with Gasteiger partial charge in [-0.2, -0.15) is 0 Å². The topological polar surface area (TPSA) is 50.8 Å². The Hall–Kier alpha value is -1.59. The molecule has 1 N–H and O–H groups in total. The summed E-state index contributed by atoms with van der Waals surface area (Å²) < 4.78 is 10.6. The molecule has 0 bridgehead atoms. The maximum absolute atomic E-state index is 12.1. The Bertz CT molecular complexity index is 490. The van der Waals surface area contributed by atoms with Gasteiger partial charge in [-0.15, -0.1) is 0 Å². The molecule has 1 heterocycles. The standard InChI is InChI=1S/C16H24N2O3/c1-4-21-16(19)14-10-17-7-8-18(14)11-13-9-12(2)5-6-15(13)20-3/h5-6,9,14,17H,4,7-8,10-11H2,1-3H3. The monoisotopic (exact) mass is 292 g/mol. The van der Waals surface area contributed by atoms with Gasteiger partial charge in [0.2, 0.25) is 0 Å². The lowest BCUT2D eigenvalue weighted by atomic mass is 10.1. The average molecular weight is 292 g/mol. The van der Waals surface area contributed by atoms with E-state index in [4.69, 9.17) is 9.47 Å². The van der Waals surface area contributed by atoms with E-state index in [1.54, 1.807) is 7.11 Å². The first-order valence-electron chi connectivity index (χ1n) is 7.40. The molecule has 1 aliphatic heterocycles. The van der Waals surface area contributed by atoms with Crippen molar-refractivity contribution >= 4 is 5.97 Å². The molecule has 1 saturated heterocycles. The SMILES string of the molecule is CCOC(=O)C1CNCCN1Cc1cc(C)ccc1OC. The second-order valence-corrected chi connectivity index (χ2v) is 5.26. The third kappa shape index (κ3) is 3.95. The van der Waals surface area contributed by atoms with Crippen molar-refractivity contribution in [1.29, 1.82) is 0 Å². The van der Waals surface area contributed by atoms with E-state index >= 15 is 0 Å². The summed E-state index contributed by atoms with van der Waals surface area (Å²) in [6.07, 6.45) is 0. The Balaban J connectivity index is 2.15. The molecule has 0 spiro atoms. The fourth-order valence-corrected chi connectivity index (χ4v) is 2.66. The molecule has 5 nitrogen and oxygen atoms in total. The van der Waals surface area contributed by atoms with Gasteiger partial charge < -0.3 is 14.8 Å². The molecular formula is C16H24N2O3. The minimum Gasteiger partial charge on any atom is -0.496 e. The molecule has 0 aromatic heterocycles. The highest BCUT2D eigenvalue weighted by Gasteiger charge is 2.30. The molecule has 0 aliphatic carbocycles. The smallest absolute Gasteiger partial charge is 0.324 e. The summed E-state index contributed by atoms with van der Waals surface area (Å²) in [7, 11) is 1.68. The van der Waals surface area contributed by atoms with Crippen molar-refractivity contribution in [2.45, 2.75) is 26.4 Å². The lowest BCUT2D eigenvalue weighted by Gasteiger charge is -2.34. The Labute approximate surface area is 126 Å². The number of hydrogen-bond acceptors (Lipinski definition) is 5. The van der Waals surface area contributed by atoms with Crippen molar-refractivity contribution in [3.05, 3.63) is 29.3 Å². The molecular weight excluding hydrogens is 268 g/mol. The van der Waals surface area contributed by atoms with E-state index in [1.165, 1.54) is 5.56 Å². The Morgan fingerprint density at radius 2 is 2.29 bits per heavy atom. The Kier molecular flexibility index (Phi) is 5.59. The predicted octanol–water partition coefficient (Wildman–Crippen LogP) is 1.34. The summed E-state index contributed by atoms with van der Waals surface area (Å²) in [5, 5.41) is 3.26. The second kappa shape index (κ2) is 7.43. The lowest BCUT2D eigenvalue weighted by molar-refractivity contribution is -0.150. The zero-order valence-electron chi connectivity index (χ0n) is 13.0. The van der Waals surface area contributed by atoms with Crippen molar-refractivity contribution in [3.8, 4) is 5.75 Å². The van der Waals surface area contributed by atoms with E-state index in [0.29, 0.717) is 19.7 Å². The van der Waals surface area contributed by atoms with Gasteiger partial charge in [-0.25, -0.2) is 0 Å². The van der Waals surface area contributed by atoms with Gasteiger partial charge in [0, 0.05) is 31.7 Å². The molecule has 2 rings (SSSR count). The summed E-state index contributed by atoms with van der Waals surface area (Å²) in [4.78, 5) is 14.2. The van der Waals surface area contributed by atoms with Gasteiger partial charge in [0.15, 0.2) is 0 Å². The van der Waals surface area contributed by atoms with Crippen molar-refractivity contribution in [3.63, 3.8) is 0 Å². The number of ether oxygens (including phenoxy) is 2. The molecule has 1 aromatic carbocycles. The van der Waals surface area contributed by atoms with E-state index in [0.717, 1.165) is 24.4 Å². The minimum absolute atomic E-state index is 0.156. The third-order valence-electron chi connectivity index (χ3n) is 3.72. The largest absolute Gasteiger partial charge is 0.496 e. The molecule has 1 aromatic rings. The number of carbonyl (C=O) groups excluding carboxylic acids is 1. The van der Waals surface area contributed by atoms with Crippen molar-refractivity contribution in [1.82, 2.24) is 10.2 Å². The van der Waals surface area contributed by atoms with Crippen LogP contribution < -0.4 is 10.1 Å². The molecule has 116 valence electrons. The molecule has 0 amide bonds. The van der Waals surface area contributed by atoms with Gasteiger partial charge >= 0.3 is 5.97 Å². The van der Waals surface area contributed by atoms with Gasteiger partial charge in [0.1, 0.15) is 11.8 Å². The van der Waals surface area contributed by atoms with Gasteiger partial charge in [-0.3, -0.25) is 9.69 Å². The Morgan fingerprint density at radius 3 is 3.00 bits per heavy atom. The van der Waals surface area contributed by atoms with Gasteiger partial charge in [0.25, 0.3) is 0 Å². The minimum atomic E-state index is -0.232. The summed E-state index contributed by atoms with van der Waals surface area (Å²) >= 11 is 0. The summed E-state index contributed by atoms with van der Waals surface area (Å²) in [5.41, 5.74) is 2.29. The van der Waals surface area contributed by atoms with Crippen LogP contribution in [0.15, 0.2) is 18.2 Å². The van der Waals surface area contributed by atoms with E-state index in [2.05, 4.69) is 23.2 Å². The summed E-state index contributed by atoms with van der Waals surface area (Å²) in [6.45, 7) is 7.33. The quantitative estimate of drug-likeness (QED) is 0.830.